The number of nitrogens with zero attached hydrogens (tertiary/aromatic N) is 3. The van der Waals surface area contributed by atoms with Crippen LogP contribution in [0.4, 0.5) is 5.82 Å². The molecule has 100 valence electrons. The summed E-state index contributed by atoms with van der Waals surface area (Å²) in [5.74, 6) is 0.990. The third kappa shape index (κ3) is 2.99. The van der Waals surface area contributed by atoms with Crippen LogP contribution in [0.15, 0.2) is 6.33 Å². The van der Waals surface area contributed by atoms with Crippen molar-refractivity contribution in [2.75, 3.05) is 25.0 Å². The van der Waals surface area contributed by atoms with E-state index < -0.39 is 0 Å². The van der Waals surface area contributed by atoms with Crippen LogP contribution in [0.25, 0.3) is 0 Å². The van der Waals surface area contributed by atoms with Gasteiger partial charge in [-0.3, -0.25) is 4.90 Å². The highest BCUT2D eigenvalue weighted by Crippen LogP contribution is 2.18. The minimum Gasteiger partial charge on any atom is -0.368 e. The van der Waals surface area contributed by atoms with E-state index in [0.29, 0.717) is 6.04 Å². The van der Waals surface area contributed by atoms with Gasteiger partial charge in [0.2, 0.25) is 0 Å². The monoisotopic (exact) mass is 248 g/mol. The Morgan fingerprint density at radius 3 is 2.94 bits per heavy atom. The first kappa shape index (κ1) is 13.3. The summed E-state index contributed by atoms with van der Waals surface area (Å²) in [6, 6.07) is 0.651. The van der Waals surface area contributed by atoms with Gasteiger partial charge in [0.05, 0.1) is 0 Å². The van der Waals surface area contributed by atoms with Gasteiger partial charge in [-0.25, -0.2) is 9.97 Å². The molecule has 0 radical (unpaired) electrons. The van der Waals surface area contributed by atoms with Crippen molar-refractivity contribution < 1.29 is 0 Å². The molecule has 1 aliphatic heterocycles. The molecule has 4 heteroatoms. The lowest BCUT2D eigenvalue weighted by molar-refractivity contribution is 0.164. The molecule has 2 rings (SSSR count). The molecule has 1 fully saturated rings. The zero-order valence-corrected chi connectivity index (χ0v) is 11.7. The lowest BCUT2D eigenvalue weighted by Crippen LogP contribution is -2.43. The molecule has 0 unspecified atom stereocenters. The van der Waals surface area contributed by atoms with E-state index in [1.807, 2.05) is 6.92 Å². The maximum Gasteiger partial charge on any atom is 0.132 e. The van der Waals surface area contributed by atoms with Crippen LogP contribution >= 0.6 is 0 Å². The minimum atomic E-state index is 0.651. The Morgan fingerprint density at radius 1 is 1.33 bits per heavy atom. The molecule has 18 heavy (non-hydrogen) atoms. The van der Waals surface area contributed by atoms with Crippen molar-refractivity contribution in [3.63, 3.8) is 0 Å². The van der Waals surface area contributed by atoms with Crippen molar-refractivity contribution in [3.05, 3.63) is 17.6 Å². The number of nitrogens with one attached hydrogen (secondary N) is 1. The van der Waals surface area contributed by atoms with Gasteiger partial charge in [0.25, 0.3) is 0 Å². The number of likely N-dealkylation sites (N-methyl/N-ethyl adjacent to an activating group) is 1. The Balaban J connectivity index is 1.96. The molecule has 2 heterocycles. The molecule has 0 saturated carbocycles. The van der Waals surface area contributed by atoms with Crippen LogP contribution < -0.4 is 5.32 Å². The maximum absolute atomic E-state index is 4.33. The van der Waals surface area contributed by atoms with Crippen molar-refractivity contribution >= 4 is 5.82 Å². The first-order valence-electron chi connectivity index (χ1n) is 6.98. The molecule has 1 aromatic heterocycles. The number of anilines is 1. The van der Waals surface area contributed by atoms with E-state index >= 15 is 0 Å². The first-order valence-corrected chi connectivity index (χ1v) is 6.98. The van der Waals surface area contributed by atoms with E-state index in [1.54, 1.807) is 6.33 Å². The fourth-order valence-corrected chi connectivity index (χ4v) is 2.64. The maximum atomic E-state index is 4.33. The SMILES string of the molecule is CCN1CCCC[C@@H]1CNc1ncnc(C)c1C. The van der Waals surface area contributed by atoms with E-state index in [9.17, 15) is 0 Å². The van der Waals surface area contributed by atoms with Gasteiger partial charge in [-0.1, -0.05) is 13.3 Å². The van der Waals surface area contributed by atoms with Gasteiger partial charge in [0.15, 0.2) is 0 Å². The summed E-state index contributed by atoms with van der Waals surface area (Å²) < 4.78 is 0. The highest BCUT2D eigenvalue weighted by atomic mass is 15.2. The van der Waals surface area contributed by atoms with Gasteiger partial charge in [0, 0.05) is 23.8 Å². The van der Waals surface area contributed by atoms with Crippen LogP contribution in [0.5, 0.6) is 0 Å². The van der Waals surface area contributed by atoms with E-state index in [4.69, 9.17) is 0 Å². The van der Waals surface area contributed by atoms with Crippen molar-refractivity contribution in [2.45, 2.75) is 46.1 Å². The Hall–Kier alpha value is -1.16. The predicted octanol–water partition coefficient (Wildman–Crippen LogP) is 2.38. The van der Waals surface area contributed by atoms with Gasteiger partial charge in [-0.15, -0.1) is 0 Å². The van der Waals surface area contributed by atoms with Gasteiger partial charge in [0.1, 0.15) is 12.1 Å². The molecule has 0 spiro atoms. The Morgan fingerprint density at radius 2 is 2.17 bits per heavy atom. The Labute approximate surface area is 110 Å². The van der Waals surface area contributed by atoms with E-state index in [1.165, 1.54) is 25.8 Å². The largest absolute Gasteiger partial charge is 0.368 e. The standard InChI is InChI=1S/C14H24N4/c1-4-18-8-6-5-7-13(18)9-15-14-11(2)12(3)16-10-17-14/h10,13H,4-9H2,1-3H3,(H,15,16,17)/t13-/m1/s1. The predicted molar refractivity (Wildman–Crippen MR) is 74.9 cm³/mol. The second-order valence-electron chi connectivity index (χ2n) is 5.09. The number of rotatable bonds is 4. The highest BCUT2D eigenvalue weighted by molar-refractivity contribution is 5.44. The fraction of sp³-hybridized carbons (Fsp3) is 0.714. The van der Waals surface area contributed by atoms with Crippen molar-refractivity contribution in [1.82, 2.24) is 14.9 Å². The summed E-state index contributed by atoms with van der Waals surface area (Å²) in [7, 11) is 0. The topological polar surface area (TPSA) is 41.0 Å². The fourth-order valence-electron chi connectivity index (χ4n) is 2.64. The van der Waals surface area contributed by atoms with E-state index in [-0.39, 0.29) is 0 Å². The third-order valence-corrected chi connectivity index (χ3v) is 4.00. The van der Waals surface area contributed by atoms with Crippen LogP contribution in [0.3, 0.4) is 0 Å². The van der Waals surface area contributed by atoms with Gasteiger partial charge < -0.3 is 5.32 Å². The number of piperidine rings is 1. The Kier molecular flexibility index (Phi) is 4.53. The molecule has 4 nitrogen and oxygen atoms in total. The zero-order valence-electron chi connectivity index (χ0n) is 11.7. The van der Waals surface area contributed by atoms with Gasteiger partial charge in [-0.05, 0) is 39.8 Å². The van der Waals surface area contributed by atoms with Crippen LogP contribution in [0.1, 0.15) is 37.4 Å². The molecular weight excluding hydrogens is 224 g/mol. The summed E-state index contributed by atoms with van der Waals surface area (Å²) in [5.41, 5.74) is 2.22. The molecule has 0 aromatic carbocycles. The quantitative estimate of drug-likeness (QED) is 0.888. The average Bonchev–Trinajstić information content (AvgIpc) is 2.41. The molecule has 1 atom stereocenters. The molecule has 1 aliphatic rings. The first-order chi connectivity index (χ1) is 8.72. The molecule has 1 N–H and O–H groups in total. The minimum absolute atomic E-state index is 0.651. The molecule has 1 aromatic rings. The average molecular weight is 248 g/mol. The molecule has 0 amide bonds. The highest BCUT2D eigenvalue weighted by Gasteiger charge is 2.20. The Bertz CT molecular complexity index is 391. The summed E-state index contributed by atoms with van der Waals surface area (Å²) in [6.07, 6.45) is 5.63. The van der Waals surface area contributed by atoms with E-state index in [2.05, 4.69) is 34.0 Å². The number of hydrogen-bond acceptors (Lipinski definition) is 4. The van der Waals surface area contributed by atoms with Crippen molar-refractivity contribution in [3.8, 4) is 0 Å². The molecule has 0 aliphatic carbocycles. The number of aromatic nitrogens is 2. The van der Waals surface area contributed by atoms with Crippen LogP contribution in [0, 0.1) is 13.8 Å². The normalized spacial score (nSPS) is 20.9. The van der Waals surface area contributed by atoms with Gasteiger partial charge in [-0.2, -0.15) is 0 Å². The second kappa shape index (κ2) is 6.14. The third-order valence-electron chi connectivity index (χ3n) is 4.00. The molecular formula is C14H24N4. The van der Waals surface area contributed by atoms with Crippen LogP contribution in [0.2, 0.25) is 0 Å². The summed E-state index contributed by atoms with van der Waals surface area (Å²) >= 11 is 0. The number of aryl methyl sites for hydroxylation is 1. The summed E-state index contributed by atoms with van der Waals surface area (Å²) in [4.78, 5) is 11.1. The van der Waals surface area contributed by atoms with Crippen molar-refractivity contribution in [2.24, 2.45) is 0 Å². The van der Waals surface area contributed by atoms with Crippen LogP contribution in [-0.4, -0.2) is 40.5 Å². The lowest BCUT2D eigenvalue weighted by atomic mass is 10.0. The van der Waals surface area contributed by atoms with Gasteiger partial charge >= 0.3 is 0 Å². The molecule has 1 saturated heterocycles. The smallest absolute Gasteiger partial charge is 0.132 e. The van der Waals surface area contributed by atoms with E-state index in [0.717, 1.165) is 30.2 Å². The molecule has 0 bridgehead atoms. The number of hydrogen-bond donors (Lipinski definition) is 1. The zero-order chi connectivity index (χ0) is 13.0. The second-order valence-corrected chi connectivity index (χ2v) is 5.09. The summed E-state index contributed by atoms with van der Waals surface area (Å²) in [6.45, 7) is 9.74. The van der Waals surface area contributed by atoms with Crippen LogP contribution in [-0.2, 0) is 0 Å². The summed E-state index contributed by atoms with van der Waals surface area (Å²) in [5, 5.41) is 3.50. The lowest BCUT2D eigenvalue weighted by Gasteiger charge is -2.35. The van der Waals surface area contributed by atoms with Crippen molar-refractivity contribution in [1.29, 1.82) is 0 Å². The number of likely N-dealkylation sites (tertiary alicyclic amines) is 1.